The van der Waals surface area contributed by atoms with E-state index in [2.05, 4.69) is 15.2 Å². The van der Waals surface area contributed by atoms with Crippen LogP contribution in [0.4, 0.5) is 17.6 Å². The number of ether oxygens (including phenoxy) is 1. The van der Waals surface area contributed by atoms with Crippen molar-refractivity contribution in [2.24, 2.45) is 16.6 Å². The Bertz CT molecular complexity index is 1000. The third kappa shape index (κ3) is 16.6. The Morgan fingerprint density at radius 2 is 1.81 bits per heavy atom. The molecule has 13 heteroatoms. The lowest BCUT2D eigenvalue weighted by molar-refractivity contribution is -0.118. The van der Waals surface area contributed by atoms with Crippen LogP contribution >= 0.6 is 0 Å². The van der Waals surface area contributed by atoms with Gasteiger partial charge in [-0.15, -0.1) is 0 Å². The van der Waals surface area contributed by atoms with E-state index in [1.54, 1.807) is 25.1 Å². The molecule has 4 N–H and O–H groups in total. The van der Waals surface area contributed by atoms with E-state index in [-0.39, 0.29) is 45.0 Å². The lowest BCUT2D eigenvalue weighted by Crippen LogP contribution is -2.46. The van der Waals surface area contributed by atoms with Crippen molar-refractivity contribution >= 4 is 15.5 Å². The second kappa shape index (κ2) is 20.9. The molecule has 0 spiro atoms. The van der Waals surface area contributed by atoms with E-state index in [1.807, 2.05) is 34.6 Å². The Balaban J connectivity index is -0.000000321. The van der Waals surface area contributed by atoms with Crippen molar-refractivity contribution in [1.29, 1.82) is 0 Å². The summed E-state index contributed by atoms with van der Waals surface area (Å²) in [6.07, 6.45) is 1.37. The molecule has 42 heavy (non-hydrogen) atoms. The van der Waals surface area contributed by atoms with Gasteiger partial charge in [0.2, 0.25) is 0 Å². The maximum atomic E-state index is 14.1. The number of allylic oxidation sites excluding steroid dienone is 2. The SMILES string of the molecule is C.C.CC.CC1(NO)CCS(=O)(=O)CC1.CCOC.C[C@@H]1CC/C(=C(/N)C2=CCN(C)C=C2F)C(=NCC(F)(F)F)C1.[HH]. The summed E-state index contributed by atoms with van der Waals surface area (Å²) in [5.41, 5.74) is 9.21. The van der Waals surface area contributed by atoms with Gasteiger partial charge >= 0.3 is 6.18 Å². The molecule has 8 nitrogen and oxygen atoms in total. The van der Waals surface area contributed by atoms with E-state index in [9.17, 15) is 26.0 Å². The fraction of sp³-hybridized carbons (Fsp3) is 0.759. The molecule has 0 aromatic heterocycles. The highest BCUT2D eigenvalue weighted by Crippen LogP contribution is 2.32. The predicted octanol–water partition coefficient (Wildman–Crippen LogP) is 6.83. The van der Waals surface area contributed by atoms with Gasteiger partial charge < -0.3 is 20.6 Å². The minimum Gasteiger partial charge on any atom is -0.398 e. The van der Waals surface area contributed by atoms with Gasteiger partial charge in [-0.05, 0) is 57.4 Å². The minimum absolute atomic E-state index is 0. The van der Waals surface area contributed by atoms with Gasteiger partial charge in [-0.25, -0.2) is 12.8 Å². The maximum Gasteiger partial charge on any atom is 0.407 e. The summed E-state index contributed by atoms with van der Waals surface area (Å²) in [5.74, 6) is 0.122. The second-order valence-electron chi connectivity index (χ2n) is 10.1. The zero-order chi connectivity index (χ0) is 31.1. The summed E-state index contributed by atoms with van der Waals surface area (Å²) < 4.78 is 77.9. The third-order valence-electron chi connectivity index (χ3n) is 6.50. The van der Waals surface area contributed by atoms with Crippen molar-refractivity contribution in [3.63, 3.8) is 0 Å². The second-order valence-corrected chi connectivity index (χ2v) is 12.4. The molecule has 1 saturated heterocycles. The Morgan fingerprint density at radius 1 is 1.29 bits per heavy atom. The summed E-state index contributed by atoms with van der Waals surface area (Å²) in [7, 11) is 0.596. The Labute approximate surface area is 253 Å². The number of halogens is 4. The van der Waals surface area contributed by atoms with Crippen molar-refractivity contribution in [2.45, 2.75) is 93.3 Å². The number of hydroxylamine groups is 1. The van der Waals surface area contributed by atoms with Crippen molar-refractivity contribution in [3.8, 4) is 0 Å². The Morgan fingerprint density at radius 3 is 2.24 bits per heavy atom. The number of nitrogens with zero attached hydrogens (tertiary/aromatic N) is 2. The van der Waals surface area contributed by atoms with E-state index in [0.29, 0.717) is 43.5 Å². The molecule has 0 aromatic rings. The summed E-state index contributed by atoms with van der Waals surface area (Å²) in [4.78, 5) is 5.38. The smallest absolute Gasteiger partial charge is 0.398 e. The number of hydrogen-bond acceptors (Lipinski definition) is 8. The molecule has 3 aliphatic rings. The standard InChI is InChI=1S/C16H21F4N3.C6H13NO3S.C3H8O.C2H6.2CH4.H2/c1-10-3-4-12(14(7-10)22-9-16(18,19)20)15(21)11-5-6-23(2)8-13(11)17;1-6(7-8)2-4-11(9,10)5-3-6;1-3-4-2;1-2;;;/h5,8,10H,3-4,6-7,9,21H2,1-2H3;7-8H,2-5H2,1H3;3H2,1-2H3;1-2H3;2*1H4;1H/b15-12-,22-14?;;;;;;/t10-;;;;;;/m1....../s1. The van der Waals surface area contributed by atoms with Crippen LogP contribution in [-0.4, -0.2) is 81.3 Å². The van der Waals surface area contributed by atoms with Gasteiger partial charge in [0.05, 0.1) is 11.5 Å². The van der Waals surface area contributed by atoms with Gasteiger partial charge in [-0.3, -0.25) is 4.99 Å². The normalized spacial score (nSPS) is 23.0. The van der Waals surface area contributed by atoms with Crippen LogP contribution in [0.5, 0.6) is 0 Å². The van der Waals surface area contributed by atoms with Crippen molar-refractivity contribution in [3.05, 3.63) is 34.9 Å². The minimum atomic E-state index is -4.36. The molecule has 2 aliphatic heterocycles. The Kier molecular flexibility index (Phi) is 22.1. The molecule has 2 heterocycles. The molecule has 2 fully saturated rings. The summed E-state index contributed by atoms with van der Waals surface area (Å²) in [5, 5.41) is 8.68. The molecule has 0 bridgehead atoms. The molecule has 0 amide bonds. The highest BCUT2D eigenvalue weighted by atomic mass is 32.2. The molecule has 0 aromatic carbocycles. The summed E-state index contributed by atoms with van der Waals surface area (Å²) >= 11 is 0. The Hall–Kier alpha value is -1.96. The van der Waals surface area contributed by atoms with Gasteiger partial charge in [-0.1, -0.05) is 41.7 Å². The molecular weight excluding hydrogens is 576 g/mol. The van der Waals surface area contributed by atoms with Crippen LogP contribution in [0.2, 0.25) is 0 Å². The average Bonchev–Trinajstić information content (AvgIpc) is 2.90. The number of alkyl halides is 3. The van der Waals surface area contributed by atoms with Crippen LogP contribution in [0.25, 0.3) is 0 Å². The third-order valence-corrected chi connectivity index (χ3v) is 8.16. The largest absolute Gasteiger partial charge is 0.407 e. The van der Waals surface area contributed by atoms with Gasteiger partial charge in [0, 0.05) is 57.5 Å². The van der Waals surface area contributed by atoms with E-state index >= 15 is 0 Å². The fourth-order valence-electron chi connectivity index (χ4n) is 3.88. The number of nitrogens with one attached hydrogen (secondary N) is 1. The highest BCUT2D eigenvalue weighted by Gasteiger charge is 2.32. The average molecular weight is 635 g/mol. The van der Waals surface area contributed by atoms with E-state index < -0.39 is 33.9 Å². The van der Waals surface area contributed by atoms with Crippen LogP contribution in [0.1, 0.15) is 83.0 Å². The number of aliphatic imine (C=N–C) groups is 1. The van der Waals surface area contributed by atoms with Crippen molar-refractivity contribution < 1.29 is 37.4 Å². The van der Waals surface area contributed by atoms with Crippen LogP contribution in [-0.2, 0) is 14.6 Å². The molecule has 0 unspecified atom stereocenters. The fourth-order valence-corrected chi connectivity index (χ4v) is 5.60. The van der Waals surface area contributed by atoms with E-state index in [1.165, 1.54) is 6.20 Å². The summed E-state index contributed by atoms with van der Waals surface area (Å²) in [6, 6.07) is 0. The number of hydrogen-bond donors (Lipinski definition) is 3. The first-order valence-corrected chi connectivity index (χ1v) is 15.4. The molecule has 3 rings (SSSR count). The van der Waals surface area contributed by atoms with E-state index in [0.717, 1.165) is 13.0 Å². The summed E-state index contributed by atoms with van der Waals surface area (Å²) in [6.45, 7) is 9.83. The lowest BCUT2D eigenvalue weighted by atomic mass is 9.83. The van der Waals surface area contributed by atoms with Gasteiger partial charge in [0.15, 0.2) is 0 Å². The molecule has 1 atom stereocenters. The maximum absolute atomic E-state index is 14.1. The van der Waals surface area contributed by atoms with Crippen molar-refractivity contribution in [2.75, 3.05) is 45.4 Å². The monoisotopic (exact) mass is 634 g/mol. The quantitative estimate of drug-likeness (QED) is 0.229. The van der Waals surface area contributed by atoms with Crippen LogP contribution in [0, 0.1) is 5.92 Å². The number of rotatable bonds is 4. The topological polar surface area (TPSA) is 117 Å². The van der Waals surface area contributed by atoms with Gasteiger partial charge in [0.25, 0.3) is 0 Å². The van der Waals surface area contributed by atoms with Crippen molar-refractivity contribution in [1.82, 2.24) is 10.4 Å². The molecule has 1 aliphatic carbocycles. The zero-order valence-electron chi connectivity index (χ0n) is 24.9. The predicted molar refractivity (Wildman–Crippen MR) is 168 cm³/mol. The molecular formula is C29H58F4N4O4S. The van der Waals surface area contributed by atoms with Crippen LogP contribution in [0.3, 0.4) is 0 Å². The molecule has 0 radical (unpaired) electrons. The number of nitrogens with two attached hydrogens (primary N) is 1. The first-order chi connectivity index (χ1) is 18.6. The van der Waals surface area contributed by atoms with Crippen LogP contribution < -0.4 is 11.2 Å². The first kappa shape index (κ1) is 44.5. The number of sulfone groups is 1. The first-order valence-electron chi connectivity index (χ1n) is 13.5. The highest BCUT2D eigenvalue weighted by molar-refractivity contribution is 7.91. The van der Waals surface area contributed by atoms with Crippen LogP contribution in [0.15, 0.2) is 39.9 Å². The van der Waals surface area contributed by atoms with Gasteiger partial charge in [-0.2, -0.15) is 18.7 Å². The van der Waals surface area contributed by atoms with Gasteiger partial charge in [0.1, 0.15) is 22.2 Å². The lowest BCUT2D eigenvalue weighted by Gasteiger charge is -2.31. The number of methoxy groups -OCH3 is 1. The van der Waals surface area contributed by atoms with E-state index in [4.69, 9.17) is 10.9 Å². The molecule has 252 valence electrons. The number of likely N-dealkylation sites (N-methyl/N-ethyl adjacent to an activating group) is 1. The zero-order valence-corrected chi connectivity index (χ0v) is 25.7. The molecule has 1 saturated carbocycles.